The third kappa shape index (κ3) is 1.80. The molecular formula is C13H11IN2O. The molecule has 0 fully saturated rings. The number of hydrogen-bond donors (Lipinski definition) is 0. The molecule has 1 aromatic carbocycles. The van der Waals surface area contributed by atoms with Crippen molar-refractivity contribution >= 4 is 40.4 Å². The molecule has 0 bridgehead atoms. The van der Waals surface area contributed by atoms with Gasteiger partial charge in [0.25, 0.3) is 0 Å². The molecule has 0 unspecified atom stereocenters. The molecule has 0 atom stereocenters. The second-order valence-corrected chi connectivity index (χ2v) is 5.28. The van der Waals surface area contributed by atoms with Crippen LogP contribution in [0.2, 0.25) is 0 Å². The fraction of sp³-hybridized carbons (Fsp3) is 0.231. The van der Waals surface area contributed by atoms with Crippen LogP contribution in [-0.4, -0.2) is 30.1 Å². The number of hydrogen-bond acceptors (Lipinski definition) is 2. The van der Waals surface area contributed by atoms with E-state index in [-0.39, 0.29) is 12.5 Å². The number of allylic oxidation sites excluding steroid dienone is 1. The molecule has 0 saturated carbocycles. The van der Waals surface area contributed by atoms with E-state index < -0.39 is 0 Å². The number of rotatable bonds is 0. The van der Waals surface area contributed by atoms with Crippen molar-refractivity contribution in [1.82, 2.24) is 4.90 Å². The summed E-state index contributed by atoms with van der Waals surface area (Å²) in [5.41, 5.74) is 3.51. The summed E-state index contributed by atoms with van der Waals surface area (Å²) in [6, 6.07) is 8.29. The monoisotopic (exact) mass is 338 g/mol. The smallest absolute Gasteiger partial charge is 0.248 e. The first kappa shape index (κ1) is 11.0. The van der Waals surface area contributed by atoms with Gasteiger partial charge in [-0.2, -0.15) is 0 Å². The van der Waals surface area contributed by atoms with Crippen LogP contribution in [0, 0.1) is 0 Å². The average Bonchev–Trinajstić information content (AvgIpc) is 2.50. The van der Waals surface area contributed by atoms with Crippen LogP contribution in [0.1, 0.15) is 11.1 Å². The quantitative estimate of drug-likeness (QED) is 0.668. The lowest BCUT2D eigenvalue weighted by Crippen LogP contribution is -2.36. The van der Waals surface area contributed by atoms with Crippen molar-refractivity contribution in [3.8, 4) is 0 Å². The average molecular weight is 338 g/mol. The zero-order valence-corrected chi connectivity index (χ0v) is 11.3. The summed E-state index contributed by atoms with van der Waals surface area (Å²) < 4.78 is 1.04. The Balaban J connectivity index is 2.22. The Morgan fingerprint density at radius 3 is 3.00 bits per heavy atom. The number of halogens is 1. The first-order valence-corrected chi connectivity index (χ1v) is 6.63. The fourth-order valence-corrected chi connectivity index (χ4v) is 3.09. The number of aliphatic imine (C=N–C) groups is 1. The fourth-order valence-electron chi connectivity index (χ4n) is 2.32. The summed E-state index contributed by atoms with van der Waals surface area (Å²) >= 11 is 2.26. The molecular weight excluding hydrogens is 327 g/mol. The van der Waals surface area contributed by atoms with Gasteiger partial charge >= 0.3 is 0 Å². The molecule has 0 radical (unpaired) electrons. The Kier molecular flexibility index (Phi) is 2.74. The highest BCUT2D eigenvalue weighted by molar-refractivity contribution is 14.1. The number of nitrogens with zero attached hydrogens (tertiary/aromatic N) is 2. The summed E-state index contributed by atoms with van der Waals surface area (Å²) in [7, 11) is 0. The molecule has 0 spiro atoms. The molecule has 2 aliphatic rings. The van der Waals surface area contributed by atoms with Crippen LogP contribution in [0.3, 0.4) is 0 Å². The predicted octanol–water partition coefficient (Wildman–Crippen LogP) is 2.26. The third-order valence-corrected chi connectivity index (χ3v) is 3.90. The number of benzene rings is 1. The lowest BCUT2D eigenvalue weighted by Gasteiger charge is -2.31. The van der Waals surface area contributed by atoms with Crippen molar-refractivity contribution < 1.29 is 4.79 Å². The molecule has 0 aliphatic carbocycles. The highest BCUT2D eigenvalue weighted by Gasteiger charge is 2.28. The first-order chi connectivity index (χ1) is 8.27. The topological polar surface area (TPSA) is 32.7 Å². The van der Waals surface area contributed by atoms with Gasteiger partial charge < -0.3 is 4.90 Å². The van der Waals surface area contributed by atoms with E-state index in [1.807, 2.05) is 11.0 Å². The van der Waals surface area contributed by atoms with Crippen LogP contribution in [0.5, 0.6) is 0 Å². The molecule has 17 heavy (non-hydrogen) atoms. The van der Waals surface area contributed by atoms with Crippen LogP contribution < -0.4 is 0 Å². The van der Waals surface area contributed by atoms with Gasteiger partial charge in [0.2, 0.25) is 5.91 Å². The van der Waals surface area contributed by atoms with Crippen molar-refractivity contribution in [3.05, 3.63) is 39.0 Å². The number of fused-ring (bicyclic) bond motifs is 3. The maximum Gasteiger partial charge on any atom is 0.248 e. The maximum absolute atomic E-state index is 12.0. The van der Waals surface area contributed by atoms with E-state index in [9.17, 15) is 4.79 Å². The molecule has 1 amide bonds. The second kappa shape index (κ2) is 4.25. The Hall–Kier alpha value is -1.17. The normalized spacial score (nSPS) is 18.9. The van der Waals surface area contributed by atoms with E-state index in [2.05, 4.69) is 45.8 Å². The molecule has 3 nitrogen and oxygen atoms in total. The summed E-state index contributed by atoms with van der Waals surface area (Å²) in [6.07, 6.45) is 2.73. The van der Waals surface area contributed by atoms with Gasteiger partial charge in [0.1, 0.15) is 6.54 Å². The van der Waals surface area contributed by atoms with E-state index in [1.54, 1.807) is 6.21 Å². The molecule has 86 valence electrons. The summed E-state index contributed by atoms with van der Waals surface area (Å²) in [5, 5.41) is 0. The minimum atomic E-state index is 0.0948. The van der Waals surface area contributed by atoms with E-state index in [0.29, 0.717) is 0 Å². The van der Waals surface area contributed by atoms with Gasteiger partial charge in [-0.15, -0.1) is 0 Å². The zero-order chi connectivity index (χ0) is 11.8. The largest absolute Gasteiger partial charge is 0.309 e. The van der Waals surface area contributed by atoms with Gasteiger partial charge in [0.05, 0.1) is 9.28 Å². The van der Waals surface area contributed by atoms with E-state index in [4.69, 9.17) is 0 Å². The lowest BCUT2D eigenvalue weighted by atomic mass is 9.96. The third-order valence-electron chi connectivity index (χ3n) is 3.11. The van der Waals surface area contributed by atoms with Crippen molar-refractivity contribution in [2.75, 3.05) is 13.1 Å². The predicted molar refractivity (Wildman–Crippen MR) is 76.2 cm³/mol. The molecule has 3 rings (SSSR count). The number of amides is 1. The van der Waals surface area contributed by atoms with Gasteiger partial charge in [-0.05, 0) is 34.6 Å². The Labute approximate surface area is 113 Å². The van der Waals surface area contributed by atoms with Gasteiger partial charge in [-0.1, -0.05) is 24.3 Å². The highest BCUT2D eigenvalue weighted by Crippen LogP contribution is 2.33. The van der Waals surface area contributed by atoms with E-state index >= 15 is 0 Å². The van der Waals surface area contributed by atoms with Crippen molar-refractivity contribution in [1.29, 1.82) is 0 Å². The Morgan fingerprint density at radius 2 is 2.12 bits per heavy atom. The standard InChI is InChI=1S/C13H11IN2O/c14-11-7-15-8-12(17)16-6-5-9-3-1-2-4-10(9)13(11)16/h1-4,7H,5-6,8H2. The van der Waals surface area contributed by atoms with Crippen molar-refractivity contribution in [3.63, 3.8) is 0 Å². The highest BCUT2D eigenvalue weighted by atomic mass is 127. The molecule has 0 aromatic heterocycles. The summed E-state index contributed by atoms with van der Waals surface area (Å²) in [4.78, 5) is 18.0. The van der Waals surface area contributed by atoms with Gasteiger partial charge in [0.15, 0.2) is 0 Å². The minimum Gasteiger partial charge on any atom is -0.309 e. The van der Waals surface area contributed by atoms with Gasteiger partial charge in [-0.3, -0.25) is 9.79 Å². The Bertz CT molecular complexity index is 548. The lowest BCUT2D eigenvalue weighted by molar-refractivity contribution is -0.126. The van der Waals surface area contributed by atoms with Crippen LogP contribution in [0.15, 0.2) is 32.8 Å². The summed E-state index contributed by atoms with van der Waals surface area (Å²) in [5.74, 6) is 0.0948. The molecule has 1 aromatic rings. The SMILES string of the molecule is O=C1CN=CC(I)=C2c3ccccc3CCN12. The zero-order valence-electron chi connectivity index (χ0n) is 9.19. The molecule has 0 saturated heterocycles. The Morgan fingerprint density at radius 1 is 1.29 bits per heavy atom. The van der Waals surface area contributed by atoms with Crippen LogP contribution in [0.25, 0.3) is 5.70 Å². The minimum absolute atomic E-state index is 0.0948. The van der Waals surface area contributed by atoms with E-state index in [1.165, 1.54) is 11.1 Å². The van der Waals surface area contributed by atoms with E-state index in [0.717, 1.165) is 22.2 Å². The number of carbonyl (C=O) groups excluding carboxylic acids is 1. The first-order valence-electron chi connectivity index (χ1n) is 5.55. The van der Waals surface area contributed by atoms with Gasteiger partial charge in [-0.25, -0.2) is 0 Å². The van der Waals surface area contributed by atoms with Crippen LogP contribution in [-0.2, 0) is 11.2 Å². The molecule has 4 heteroatoms. The number of carbonyl (C=O) groups is 1. The summed E-state index contributed by atoms with van der Waals surface area (Å²) in [6.45, 7) is 1.03. The molecule has 2 aliphatic heterocycles. The second-order valence-electron chi connectivity index (χ2n) is 4.12. The van der Waals surface area contributed by atoms with Gasteiger partial charge in [0, 0.05) is 18.3 Å². The van der Waals surface area contributed by atoms with Crippen molar-refractivity contribution in [2.24, 2.45) is 4.99 Å². The maximum atomic E-state index is 12.0. The van der Waals surface area contributed by atoms with Crippen LogP contribution in [0.4, 0.5) is 0 Å². The van der Waals surface area contributed by atoms with Crippen LogP contribution >= 0.6 is 22.6 Å². The molecule has 0 N–H and O–H groups in total. The molecule has 2 heterocycles. The van der Waals surface area contributed by atoms with Crippen molar-refractivity contribution in [2.45, 2.75) is 6.42 Å².